The van der Waals surface area contributed by atoms with Crippen LogP contribution < -0.4 is 10.1 Å². The highest BCUT2D eigenvalue weighted by Gasteiger charge is 2.32. The van der Waals surface area contributed by atoms with Gasteiger partial charge < -0.3 is 19.7 Å². The Morgan fingerprint density at radius 3 is 2.62 bits per heavy atom. The van der Waals surface area contributed by atoms with Crippen molar-refractivity contribution in [2.75, 3.05) is 11.9 Å². The molecule has 2 aromatic heterocycles. The van der Waals surface area contributed by atoms with E-state index in [2.05, 4.69) is 20.0 Å². The molecule has 0 atom stereocenters. The Balaban J connectivity index is 1.53. The summed E-state index contributed by atoms with van der Waals surface area (Å²) in [6.45, 7) is 4.18. The number of aromatic carboxylic acids is 1. The lowest BCUT2D eigenvalue weighted by atomic mass is 9.99. The summed E-state index contributed by atoms with van der Waals surface area (Å²) in [6, 6.07) is 10.1. The van der Waals surface area contributed by atoms with Gasteiger partial charge in [-0.05, 0) is 49.2 Å². The van der Waals surface area contributed by atoms with E-state index >= 15 is 0 Å². The second kappa shape index (κ2) is 10.5. The highest BCUT2D eigenvalue weighted by Crippen LogP contribution is 2.34. The van der Waals surface area contributed by atoms with Crippen LogP contribution in [0.5, 0.6) is 5.75 Å². The summed E-state index contributed by atoms with van der Waals surface area (Å²) in [5, 5.41) is 12.6. The third-order valence-electron chi connectivity index (χ3n) is 5.86. The van der Waals surface area contributed by atoms with Gasteiger partial charge in [-0.1, -0.05) is 19.4 Å². The predicted octanol–water partition coefficient (Wildman–Crippen LogP) is 6.21. The predicted molar refractivity (Wildman–Crippen MR) is 130 cm³/mol. The molecule has 37 heavy (non-hydrogen) atoms. The van der Waals surface area contributed by atoms with Crippen LogP contribution in [0.4, 0.5) is 23.4 Å². The number of halogens is 4. The molecule has 0 unspecified atom stereocenters. The van der Waals surface area contributed by atoms with Crippen LogP contribution >= 0.6 is 0 Å². The number of benzene rings is 2. The van der Waals surface area contributed by atoms with Gasteiger partial charge in [0.05, 0.1) is 16.8 Å². The summed E-state index contributed by atoms with van der Waals surface area (Å²) < 4.78 is 58.5. The number of anilines is 1. The van der Waals surface area contributed by atoms with Crippen LogP contribution in [0.15, 0.2) is 48.8 Å². The van der Waals surface area contributed by atoms with Gasteiger partial charge in [-0.15, -0.1) is 13.2 Å². The maximum atomic E-state index is 14.6. The summed E-state index contributed by atoms with van der Waals surface area (Å²) in [5.74, 6) is -1.62. The van der Waals surface area contributed by atoms with Gasteiger partial charge >= 0.3 is 12.3 Å². The molecule has 0 saturated heterocycles. The van der Waals surface area contributed by atoms with Crippen molar-refractivity contribution in [2.45, 2.75) is 39.6 Å². The number of carbonyl (C=O) groups is 1. The molecule has 0 bridgehead atoms. The summed E-state index contributed by atoms with van der Waals surface area (Å²) in [7, 11) is 0. The Morgan fingerprint density at radius 1 is 1.14 bits per heavy atom. The summed E-state index contributed by atoms with van der Waals surface area (Å²) in [6.07, 6.45) is -2.11. The van der Waals surface area contributed by atoms with Gasteiger partial charge in [0.2, 0.25) is 0 Å². The Kier molecular flexibility index (Phi) is 7.33. The van der Waals surface area contributed by atoms with Crippen molar-refractivity contribution in [3.05, 3.63) is 71.4 Å². The molecule has 0 aliphatic carbocycles. The van der Waals surface area contributed by atoms with Gasteiger partial charge in [0, 0.05) is 35.8 Å². The first-order valence-electron chi connectivity index (χ1n) is 11.5. The fourth-order valence-corrected chi connectivity index (χ4v) is 4.29. The minimum absolute atomic E-state index is 0.0198. The average molecular weight is 516 g/mol. The number of nitrogens with one attached hydrogen (secondary N) is 1. The number of rotatable bonds is 9. The van der Waals surface area contributed by atoms with Crippen molar-refractivity contribution in [1.29, 1.82) is 0 Å². The van der Waals surface area contributed by atoms with Crippen LogP contribution in [0.3, 0.4) is 0 Å². The number of carboxylic acids is 1. The smallest absolute Gasteiger partial charge is 0.478 e. The Labute approximate surface area is 209 Å². The molecule has 0 radical (unpaired) electrons. The fourth-order valence-electron chi connectivity index (χ4n) is 4.29. The number of alkyl halides is 3. The number of ether oxygens (including phenoxy) is 1. The number of fused-ring (bicyclic) bond motifs is 1. The Morgan fingerprint density at radius 2 is 1.92 bits per heavy atom. The maximum Gasteiger partial charge on any atom is 0.573 e. The van der Waals surface area contributed by atoms with Crippen molar-refractivity contribution in [1.82, 2.24) is 14.5 Å². The molecule has 2 aromatic carbocycles. The maximum absolute atomic E-state index is 14.6. The normalized spacial score (nSPS) is 11.6. The molecule has 4 rings (SSSR count). The van der Waals surface area contributed by atoms with E-state index in [4.69, 9.17) is 0 Å². The van der Waals surface area contributed by atoms with E-state index in [0.717, 1.165) is 24.1 Å². The van der Waals surface area contributed by atoms with Crippen LogP contribution in [0.2, 0.25) is 0 Å². The lowest BCUT2D eigenvalue weighted by Crippen LogP contribution is -2.17. The van der Waals surface area contributed by atoms with Crippen LogP contribution in [0, 0.1) is 12.7 Å². The number of hydrogen-bond donors (Lipinski definition) is 2. The highest BCUT2D eigenvalue weighted by molar-refractivity contribution is 5.90. The molecule has 4 aromatic rings. The molecule has 2 N–H and O–H groups in total. The first-order chi connectivity index (χ1) is 17.6. The molecular formula is C26H24F4N4O3. The lowest BCUT2D eigenvalue weighted by molar-refractivity contribution is -0.274. The molecule has 0 spiro atoms. The average Bonchev–Trinajstić information content (AvgIpc) is 3.17. The number of hydrogen-bond acceptors (Lipinski definition) is 5. The van der Waals surface area contributed by atoms with Crippen molar-refractivity contribution < 1.29 is 32.2 Å². The monoisotopic (exact) mass is 516 g/mol. The molecule has 0 amide bonds. The van der Waals surface area contributed by atoms with E-state index in [9.17, 15) is 27.5 Å². The van der Waals surface area contributed by atoms with Crippen molar-refractivity contribution in [3.63, 3.8) is 0 Å². The number of aryl methyl sites for hydroxylation is 2. The second-order valence-electron chi connectivity index (χ2n) is 8.44. The standard InChI is InChI=1S/C26H24F4N4O3/c1-3-4-16-12-17(5-6-18(16)25(35)36)21-13-23(33-14-32-21)31-9-10-34-15(2)11-19-22(37-26(28,29)30)8-7-20(27)24(19)34/h5-8,11-14H,3-4,9-10H2,1-2H3,(H,35,36)(H,31,32,33). The van der Waals surface area contributed by atoms with E-state index in [1.807, 2.05) is 6.92 Å². The third kappa shape index (κ3) is 5.82. The molecule has 7 nitrogen and oxygen atoms in total. The first-order valence-corrected chi connectivity index (χ1v) is 11.5. The van der Waals surface area contributed by atoms with Gasteiger partial charge in [0.1, 0.15) is 23.7 Å². The van der Waals surface area contributed by atoms with Gasteiger partial charge in [-0.2, -0.15) is 0 Å². The van der Waals surface area contributed by atoms with Gasteiger partial charge in [0.25, 0.3) is 0 Å². The highest BCUT2D eigenvalue weighted by atomic mass is 19.4. The topological polar surface area (TPSA) is 89.3 Å². The van der Waals surface area contributed by atoms with Crippen molar-refractivity contribution in [3.8, 4) is 17.0 Å². The van der Waals surface area contributed by atoms with E-state index in [0.29, 0.717) is 35.7 Å². The molecule has 0 aliphatic heterocycles. The Bertz CT molecular complexity index is 1450. The van der Waals surface area contributed by atoms with Gasteiger partial charge in [-0.3, -0.25) is 0 Å². The number of nitrogens with zero attached hydrogens (tertiary/aromatic N) is 3. The zero-order valence-electron chi connectivity index (χ0n) is 20.1. The second-order valence-corrected chi connectivity index (χ2v) is 8.44. The van der Waals surface area contributed by atoms with Gasteiger partial charge in [0.15, 0.2) is 0 Å². The third-order valence-corrected chi connectivity index (χ3v) is 5.86. The first kappa shape index (κ1) is 25.9. The number of aromatic nitrogens is 3. The molecule has 2 heterocycles. The van der Waals surface area contributed by atoms with Gasteiger partial charge in [-0.25, -0.2) is 19.2 Å². The summed E-state index contributed by atoms with van der Waals surface area (Å²) in [5.41, 5.74) is 2.89. The van der Waals surface area contributed by atoms with Crippen LogP contribution in [0.25, 0.3) is 22.2 Å². The molecule has 194 valence electrons. The Hall–Kier alpha value is -4.15. The molecule has 11 heteroatoms. The van der Waals surface area contributed by atoms with Crippen molar-refractivity contribution >= 4 is 22.7 Å². The minimum Gasteiger partial charge on any atom is -0.478 e. The largest absolute Gasteiger partial charge is 0.573 e. The van der Waals surface area contributed by atoms with E-state index in [1.165, 1.54) is 12.4 Å². The van der Waals surface area contributed by atoms with Crippen LogP contribution in [-0.4, -0.2) is 38.5 Å². The molecular weight excluding hydrogens is 492 g/mol. The molecule has 0 saturated carbocycles. The van der Waals surface area contributed by atoms with Crippen molar-refractivity contribution in [2.24, 2.45) is 0 Å². The SMILES string of the molecule is CCCc1cc(-c2cc(NCCn3c(C)cc4c(OC(F)(F)F)ccc(F)c43)ncn2)ccc1C(=O)O. The van der Waals surface area contributed by atoms with Crippen LogP contribution in [-0.2, 0) is 13.0 Å². The minimum atomic E-state index is -4.89. The zero-order valence-corrected chi connectivity index (χ0v) is 20.1. The van der Waals surface area contributed by atoms with Crippen LogP contribution in [0.1, 0.15) is 35.0 Å². The lowest BCUT2D eigenvalue weighted by Gasteiger charge is -2.13. The number of carboxylic acid groups (broad SMARTS) is 1. The summed E-state index contributed by atoms with van der Waals surface area (Å²) >= 11 is 0. The van der Waals surface area contributed by atoms with E-state index in [-0.39, 0.29) is 23.0 Å². The van der Waals surface area contributed by atoms with E-state index < -0.39 is 23.9 Å². The molecule has 0 aliphatic rings. The molecule has 0 fully saturated rings. The summed E-state index contributed by atoms with van der Waals surface area (Å²) in [4.78, 5) is 20.0. The van der Waals surface area contributed by atoms with E-state index in [1.54, 1.807) is 35.8 Å². The quantitative estimate of drug-likeness (QED) is 0.257. The fraction of sp³-hybridized carbons (Fsp3) is 0.269. The zero-order chi connectivity index (χ0) is 26.7.